The summed E-state index contributed by atoms with van der Waals surface area (Å²) in [6.07, 6.45) is -0.907. The molecule has 5 aliphatic carbocycles. The Hall–Kier alpha value is -0.800. The topological polar surface area (TPSA) is 124 Å². The fourth-order valence-electron chi connectivity index (χ4n) is 10.4. The molecule has 0 aromatic heterocycles. The van der Waals surface area contributed by atoms with Gasteiger partial charge in [0.1, 0.15) is 11.9 Å². The lowest BCUT2D eigenvalue weighted by molar-refractivity contribution is -0.218. The van der Waals surface area contributed by atoms with Gasteiger partial charge in [-0.1, -0.05) is 72.6 Å². The van der Waals surface area contributed by atoms with E-state index in [0.717, 1.165) is 0 Å². The first-order valence-electron chi connectivity index (χ1n) is 16.8. The van der Waals surface area contributed by atoms with Crippen LogP contribution in [-0.2, 0) is 14.3 Å². The molecule has 0 amide bonds. The van der Waals surface area contributed by atoms with Gasteiger partial charge in [-0.2, -0.15) is 12.6 Å². The molecule has 0 aromatic rings. The van der Waals surface area contributed by atoms with Crippen LogP contribution in [0.25, 0.3) is 0 Å². The number of rotatable bonds is 6. The number of allylic oxidation sites excluding steroid dienone is 2. The van der Waals surface area contributed by atoms with Crippen LogP contribution in [0, 0.1) is 35.0 Å². The molecule has 4 saturated carbocycles. The van der Waals surface area contributed by atoms with E-state index in [1.54, 1.807) is 33.8 Å². The maximum atomic E-state index is 13.4. The number of Topliss-reactive ketones (excluding diaryl/α,β-unsaturated/α-hetero) is 1. The molecule has 47 heavy (non-hydrogen) atoms. The van der Waals surface area contributed by atoms with Crippen LogP contribution in [0.5, 0.6) is 0 Å². The lowest BCUT2D eigenvalue weighted by Gasteiger charge is -2.75. The minimum absolute atomic E-state index is 0.0253. The van der Waals surface area contributed by atoms with Gasteiger partial charge in [0.15, 0.2) is 0 Å². The average molecular weight is 650 g/mol. The van der Waals surface area contributed by atoms with E-state index >= 15 is 0 Å². The van der Waals surface area contributed by atoms with Crippen molar-refractivity contribution in [2.24, 2.45) is 35.0 Å². The summed E-state index contributed by atoms with van der Waals surface area (Å²) in [5.41, 5.74) is -0.813. The number of ether oxygens (including phenoxy) is 1. The van der Waals surface area contributed by atoms with Crippen molar-refractivity contribution in [3.8, 4) is 0 Å². The van der Waals surface area contributed by atoms with E-state index in [4.69, 9.17) is 64.4 Å². The molecule has 0 spiro atoms. The predicted molar refractivity (Wildman–Crippen MR) is 188 cm³/mol. The lowest BCUT2D eigenvalue weighted by atomic mass is 9.20. The van der Waals surface area contributed by atoms with Gasteiger partial charge in [0.05, 0.1) is 65.9 Å². The van der Waals surface area contributed by atoms with E-state index in [0.29, 0.717) is 30.4 Å². The Balaban J connectivity index is 1.68. The summed E-state index contributed by atoms with van der Waals surface area (Å²) in [4.78, 5) is 26.6. The first-order valence-corrected chi connectivity index (χ1v) is 17.2. The smallest absolute Gasteiger partial charge is 0.333 e. The molecule has 3 unspecified atom stereocenters. The van der Waals surface area contributed by atoms with Crippen molar-refractivity contribution in [1.29, 1.82) is 0 Å². The van der Waals surface area contributed by atoms with Gasteiger partial charge in [0, 0.05) is 40.0 Å². The summed E-state index contributed by atoms with van der Waals surface area (Å²) in [7, 11) is 41.8. The van der Waals surface area contributed by atoms with Gasteiger partial charge in [0.2, 0.25) is 0 Å². The monoisotopic (exact) mass is 650 g/mol. The third kappa shape index (κ3) is 5.05. The van der Waals surface area contributed by atoms with Crippen molar-refractivity contribution >= 4 is 71.5 Å². The predicted octanol–water partition coefficient (Wildman–Crippen LogP) is 1.57. The van der Waals surface area contributed by atoms with Crippen LogP contribution in [0.1, 0.15) is 72.6 Å². The van der Waals surface area contributed by atoms with Gasteiger partial charge in [-0.3, -0.25) is 4.79 Å². The molecule has 7 nitrogen and oxygen atoms in total. The molecule has 0 bridgehead atoms. The van der Waals surface area contributed by atoms with Gasteiger partial charge in [-0.25, -0.2) is 4.79 Å². The molecule has 5 rings (SSSR count). The Morgan fingerprint density at radius 1 is 1.04 bits per heavy atom. The van der Waals surface area contributed by atoms with Crippen molar-refractivity contribution in [1.82, 2.24) is 0 Å². The van der Waals surface area contributed by atoms with Crippen molar-refractivity contribution in [3.05, 3.63) is 23.3 Å². The second kappa shape index (κ2) is 12.2. The van der Waals surface area contributed by atoms with Crippen molar-refractivity contribution in [3.63, 3.8) is 0 Å². The van der Waals surface area contributed by atoms with Crippen LogP contribution in [0.4, 0.5) is 0 Å². The van der Waals surface area contributed by atoms with Crippen molar-refractivity contribution < 1.29 is 34.8 Å². The summed E-state index contributed by atoms with van der Waals surface area (Å²) >= 11 is 4.84. The fraction of sp³-hybridized carbons (Fsp3) is 0.818. The van der Waals surface area contributed by atoms with Crippen LogP contribution in [0.3, 0.4) is 0 Å². The average Bonchev–Trinajstić information content (AvgIpc) is 2.99. The van der Waals surface area contributed by atoms with Gasteiger partial charge in [-0.15, -0.1) is 0 Å². The summed E-state index contributed by atoms with van der Waals surface area (Å²) in [5.74, 6) is -4.19. The highest BCUT2D eigenvalue weighted by molar-refractivity contribution is 7.83. The first-order chi connectivity index (χ1) is 21.6. The number of esters is 1. The molecule has 14 heteroatoms. The minimum atomic E-state index is -1.75. The number of hydrogen-bond acceptors (Lipinski definition) is 8. The Labute approximate surface area is 293 Å². The number of ketones is 1. The largest absolute Gasteiger partial charge is 0.458 e. The van der Waals surface area contributed by atoms with Crippen LogP contribution in [0.2, 0.25) is 21.2 Å². The van der Waals surface area contributed by atoms with E-state index in [9.17, 15) is 30.0 Å². The molecule has 0 aromatic carbocycles. The Bertz CT molecular complexity index is 1360. The highest BCUT2D eigenvalue weighted by atomic mass is 32.1. The summed E-state index contributed by atoms with van der Waals surface area (Å²) in [6, 6.07) is 0. The van der Waals surface area contributed by atoms with Gasteiger partial charge >= 0.3 is 5.97 Å². The Morgan fingerprint density at radius 3 is 2.26 bits per heavy atom. The zero-order valence-corrected chi connectivity index (χ0v) is 28.8. The van der Waals surface area contributed by atoms with Crippen LogP contribution >= 0.6 is 12.6 Å². The number of fused-ring (bicyclic) bond motifs is 7. The maximum Gasteiger partial charge on any atom is 0.333 e. The molecule has 0 aliphatic heterocycles. The molecule has 12 radical (unpaired) electrons. The maximum absolute atomic E-state index is 13.4. The summed E-state index contributed by atoms with van der Waals surface area (Å²) < 4.78 is 4.44. The zero-order chi connectivity index (χ0) is 35.3. The number of carbonyl (C=O) groups is 2. The van der Waals surface area contributed by atoms with E-state index in [-0.39, 0.29) is 31.5 Å². The van der Waals surface area contributed by atoms with Crippen molar-refractivity contribution in [2.75, 3.05) is 6.61 Å². The van der Waals surface area contributed by atoms with E-state index in [1.165, 1.54) is 0 Å². The second-order valence-corrected chi connectivity index (χ2v) is 16.6. The number of aliphatic hydroxyl groups excluding tert-OH is 4. The third-order valence-electron chi connectivity index (χ3n) is 13.4. The molecule has 0 heterocycles. The highest BCUT2D eigenvalue weighted by Gasteiger charge is 2.74. The molecular formula is C33H44B6O7S. The number of thiol groups is 1. The van der Waals surface area contributed by atoms with Gasteiger partial charge in [0.25, 0.3) is 0 Å². The molecule has 0 saturated heterocycles. The molecule has 5 aliphatic rings. The second-order valence-electron chi connectivity index (χ2n) is 15.8. The summed E-state index contributed by atoms with van der Waals surface area (Å²) in [6.45, 7) is 6.05. The molecule has 13 atom stereocenters. The van der Waals surface area contributed by atoms with Gasteiger partial charge in [-0.05, 0) is 50.3 Å². The van der Waals surface area contributed by atoms with Crippen LogP contribution < -0.4 is 0 Å². The van der Waals surface area contributed by atoms with E-state index in [2.05, 4.69) is 0 Å². The number of aliphatic hydroxyl groups is 4. The van der Waals surface area contributed by atoms with Gasteiger partial charge < -0.3 is 25.2 Å². The first kappa shape index (κ1) is 37.5. The van der Waals surface area contributed by atoms with E-state index < -0.39 is 97.8 Å². The third-order valence-corrected chi connectivity index (χ3v) is 13.8. The molecule has 4 fully saturated rings. The Kier molecular flexibility index (Phi) is 9.69. The molecular weight excluding hydrogens is 605 g/mol. The quantitative estimate of drug-likeness (QED) is 0.0974. The van der Waals surface area contributed by atoms with Crippen LogP contribution in [0.15, 0.2) is 23.3 Å². The SMILES string of the molecule is [B]C1([B])C2CC[C@]3([B])C(CC=C4C5C[C@@]([B])(S)[C@@H](OC(=O)/C(C)=C\C)[C@H](CC(=O)C(C)C)[C@]5(CO)[C@H](O)[C@H](O)[C@]43[B])[C@@]2([B])CC[C@@H]1O. The van der Waals surface area contributed by atoms with E-state index in [1.807, 2.05) is 6.08 Å². The normalized spacial score (nSPS) is 49.1. The standard InChI is InChI=1S/C33H44B6O7S/c1-5-16(4)27(45)46-26-18(12-20(41)15(2)3)28(14-40)19(13-31(26,36)47)17-6-7-21-29(34)10-9-23(42)33(38,39)22(29)8-11-30(21,35)32(17,37)25(44)24(28)43/h5-6,15,18-19,21-26,40,42-44,47H,7-14H2,1-4H3/b16-5-/t18-,19?,21?,22?,23-,24+,25-,26-,28-,29-,30-,31+,32+/m0/s1. The van der Waals surface area contributed by atoms with Crippen LogP contribution in [-0.4, -0.2) is 115 Å². The van der Waals surface area contributed by atoms with Crippen molar-refractivity contribution in [2.45, 2.75) is 123 Å². The number of hydrogen-bond donors (Lipinski definition) is 5. The molecule has 4 N–H and O–H groups in total. The zero-order valence-electron chi connectivity index (χ0n) is 27.9. The molecule has 242 valence electrons. The lowest BCUT2D eigenvalue weighted by Crippen LogP contribution is -2.73. The minimum Gasteiger partial charge on any atom is -0.458 e. The fourth-order valence-corrected chi connectivity index (χ4v) is 10.9. The highest BCUT2D eigenvalue weighted by Crippen LogP contribution is 2.81. The number of carbonyl (C=O) groups excluding carboxylic acids is 2. The Morgan fingerprint density at radius 2 is 1.68 bits per heavy atom. The summed E-state index contributed by atoms with van der Waals surface area (Å²) in [5, 5.41) is 41.1.